The van der Waals surface area contributed by atoms with Crippen LogP contribution in [-0.2, 0) is 4.74 Å². The average molecular weight is 506 g/mol. The molecule has 0 bridgehead atoms. The summed E-state index contributed by atoms with van der Waals surface area (Å²) in [6, 6.07) is 20.7. The van der Waals surface area contributed by atoms with Crippen molar-refractivity contribution in [2.75, 3.05) is 26.2 Å². The maximum Gasteiger partial charge on any atom is 0.117 e. The van der Waals surface area contributed by atoms with Gasteiger partial charge < -0.3 is 9.64 Å². The lowest BCUT2D eigenvalue weighted by atomic mass is 9.81. The Labute approximate surface area is 224 Å². The number of benzene rings is 2. The van der Waals surface area contributed by atoms with E-state index in [1.54, 1.807) is 0 Å². The topological polar surface area (TPSA) is 12.5 Å². The molecule has 0 aromatic heterocycles. The molecule has 1 unspecified atom stereocenters. The summed E-state index contributed by atoms with van der Waals surface area (Å²) in [5.41, 5.74) is 2.61. The van der Waals surface area contributed by atoms with Gasteiger partial charge in [0, 0.05) is 18.6 Å². The van der Waals surface area contributed by atoms with Gasteiger partial charge in [0.25, 0.3) is 0 Å². The molecular formula is C33H44ClNO. The second kappa shape index (κ2) is 15.9. The first-order valence-corrected chi connectivity index (χ1v) is 14.3. The second-order valence-electron chi connectivity index (χ2n) is 9.65. The van der Waals surface area contributed by atoms with E-state index in [0.29, 0.717) is 0 Å². The molecule has 0 spiro atoms. The Hall–Kier alpha value is -2.13. The largest absolute Gasteiger partial charge is 0.366 e. The van der Waals surface area contributed by atoms with Gasteiger partial charge in [0.2, 0.25) is 0 Å². The van der Waals surface area contributed by atoms with Crippen molar-refractivity contribution in [1.29, 1.82) is 0 Å². The van der Waals surface area contributed by atoms with Crippen molar-refractivity contribution in [3.63, 3.8) is 0 Å². The summed E-state index contributed by atoms with van der Waals surface area (Å²) in [7, 11) is 0. The van der Waals surface area contributed by atoms with Crippen LogP contribution in [0, 0.1) is 0 Å². The van der Waals surface area contributed by atoms with E-state index < -0.39 is 5.60 Å². The van der Waals surface area contributed by atoms with Gasteiger partial charge >= 0.3 is 0 Å². The van der Waals surface area contributed by atoms with E-state index in [0.717, 1.165) is 41.2 Å². The van der Waals surface area contributed by atoms with Gasteiger partial charge in [-0.2, -0.15) is 0 Å². The lowest BCUT2D eigenvalue weighted by molar-refractivity contribution is 0.0343. The van der Waals surface area contributed by atoms with Crippen molar-refractivity contribution < 1.29 is 4.74 Å². The molecule has 3 rings (SSSR count). The first-order chi connectivity index (χ1) is 17.7. The van der Waals surface area contributed by atoms with Gasteiger partial charge in [-0.05, 0) is 49.7 Å². The molecule has 0 aliphatic heterocycles. The Balaban J connectivity index is 1.59. The molecule has 3 heteroatoms. The number of rotatable bonds is 16. The second-order valence-corrected chi connectivity index (χ2v) is 10.0. The van der Waals surface area contributed by atoms with Crippen molar-refractivity contribution in [1.82, 2.24) is 4.90 Å². The minimum absolute atomic E-state index is 0.562. The van der Waals surface area contributed by atoms with Crippen molar-refractivity contribution in [3.8, 4) is 0 Å². The third kappa shape index (κ3) is 8.47. The minimum Gasteiger partial charge on any atom is -0.366 e. The molecule has 0 heterocycles. The van der Waals surface area contributed by atoms with Crippen LogP contribution in [0.3, 0.4) is 0 Å². The highest BCUT2D eigenvalue weighted by Crippen LogP contribution is 2.43. The Morgan fingerprint density at radius 1 is 0.778 bits per heavy atom. The zero-order chi connectivity index (χ0) is 25.5. The summed E-state index contributed by atoms with van der Waals surface area (Å²) in [5.74, 6) is 0. The molecule has 0 radical (unpaired) electrons. The molecule has 1 aliphatic rings. The van der Waals surface area contributed by atoms with Gasteiger partial charge in [-0.1, -0.05) is 136 Å². The number of allylic oxidation sites excluding steroid dienone is 2. The predicted octanol–water partition coefficient (Wildman–Crippen LogP) is 9.14. The van der Waals surface area contributed by atoms with E-state index in [9.17, 15) is 0 Å². The predicted molar refractivity (Wildman–Crippen MR) is 157 cm³/mol. The lowest BCUT2D eigenvalue weighted by Gasteiger charge is -2.35. The van der Waals surface area contributed by atoms with Crippen LogP contribution in [0.5, 0.6) is 0 Å². The van der Waals surface area contributed by atoms with Crippen molar-refractivity contribution in [2.24, 2.45) is 0 Å². The summed E-state index contributed by atoms with van der Waals surface area (Å²) in [4.78, 5) is 2.52. The Morgan fingerprint density at radius 2 is 1.36 bits per heavy atom. The first-order valence-electron chi connectivity index (χ1n) is 13.9. The third-order valence-corrected chi connectivity index (χ3v) is 7.55. The number of halogens is 1. The molecule has 0 N–H and O–H groups in total. The Morgan fingerprint density at radius 3 is 1.94 bits per heavy atom. The van der Waals surface area contributed by atoms with Crippen LogP contribution in [0.25, 0.3) is 10.6 Å². The van der Waals surface area contributed by atoms with Crippen LogP contribution < -0.4 is 0 Å². The van der Waals surface area contributed by atoms with E-state index >= 15 is 0 Å². The minimum atomic E-state index is -0.562. The highest BCUT2D eigenvalue weighted by atomic mass is 35.5. The van der Waals surface area contributed by atoms with Gasteiger partial charge in [-0.3, -0.25) is 0 Å². The Bertz CT molecular complexity index is 962. The third-order valence-electron chi connectivity index (χ3n) is 7.14. The molecule has 2 aromatic carbocycles. The monoisotopic (exact) mass is 505 g/mol. The normalized spacial score (nSPS) is 18.0. The first kappa shape index (κ1) is 28.4. The van der Waals surface area contributed by atoms with E-state index in [-0.39, 0.29) is 0 Å². The van der Waals surface area contributed by atoms with E-state index in [4.69, 9.17) is 16.3 Å². The highest BCUT2D eigenvalue weighted by Gasteiger charge is 2.36. The number of hydrogen-bond donors (Lipinski definition) is 0. The maximum atomic E-state index is 7.13. The van der Waals surface area contributed by atoms with Crippen LogP contribution in [0.1, 0.15) is 76.3 Å². The molecule has 2 nitrogen and oxygen atoms in total. The van der Waals surface area contributed by atoms with Gasteiger partial charge in [-0.25, -0.2) is 0 Å². The summed E-state index contributed by atoms with van der Waals surface area (Å²) in [6.07, 6.45) is 18.3. The fraction of sp³-hybridized carbons (Fsp3) is 0.455. The van der Waals surface area contributed by atoms with Gasteiger partial charge in [0.15, 0.2) is 0 Å². The molecule has 2 aromatic rings. The van der Waals surface area contributed by atoms with E-state index in [2.05, 4.69) is 79.4 Å². The zero-order valence-electron chi connectivity index (χ0n) is 22.3. The highest BCUT2D eigenvalue weighted by molar-refractivity contribution is 6.53. The summed E-state index contributed by atoms with van der Waals surface area (Å²) in [5, 5.41) is 0.756. The summed E-state index contributed by atoms with van der Waals surface area (Å²) >= 11 is 7.13. The molecule has 0 amide bonds. The molecule has 36 heavy (non-hydrogen) atoms. The quantitative estimate of drug-likeness (QED) is 0.166. The smallest absolute Gasteiger partial charge is 0.117 e. The molecule has 0 saturated heterocycles. The number of unbranched alkanes of at least 4 members (excludes halogenated alkanes) is 6. The van der Waals surface area contributed by atoms with Gasteiger partial charge in [0.05, 0.1) is 5.03 Å². The van der Waals surface area contributed by atoms with Crippen molar-refractivity contribution in [3.05, 3.63) is 96.1 Å². The van der Waals surface area contributed by atoms with Gasteiger partial charge in [-0.15, -0.1) is 0 Å². The molecule has 0 fully saturated rings. The van der Waals surface area contributed by atoms with Crippen molar-refractivity contribution >= 4 is 22.2 Å². The zero-order valence-corrected chi connectivity index (χ0v) is 23.1. The fourth-order valence-electron chi connectivity index (χ4n) is 4.97. The standard InChI is InChI=1S/C33H44ClNO/c1-3-35(4-2)27-19-8-6-5-7-9-20-28-36-33(25-17-12-18-26-33)31(29-21-13-10-14-22-29)32(34)30-23-15-11-16-24-30/h10-18,21-25H,3-9,19-20,26-28H2,1-2H3. The van der Waals surface area contributed by atoms with Crippen LogP contribution in [0.4, 0.5) is 0 Å². The molecule has 0 saturated carbocycles. The van der Waals surface area contributed by atoms with Crippen LogP contribution in [0.2, 0.25) is 0 Å². The van der Waals surface area contributed by atoms with Crippen LogP contribution >= 0.6 is 11.6 Å². The SMILES string of the molecule is CCN(CC)CCCCCCCCCOC1(C(=C(Cl)c2ccccc2)c2ccccc2)C=CC=CC1. The lowest BCUT2D eigenvalue weighted by Crippen LogP contribution is -2.33. The maximum absolute atomic E-state index is 7.13. The number of nitrogens with zero attached hydrogens (tertiary/aromatic N) is 1. The number of hydrogen-bond acceptors (Lipinski definition) is 2. The molecule has 1 aliphatic carbocycles. The fourth-order valence-corrected chi connectivity index (χ4v) is 5.37. The molecule has 1 atom stereocenters. The summed E-state index contributed by atoms with van der Waals surface area (Å²) < 4.78 is 6.74. The number of ether oxygens (including phenoxy) is 1. The Kier molecular flexibility index (Phi) is 12.5. The van der Waals surface area contributed by atoms with Crippen molar-refractivity contribution in [2.45, 2.75) is 70.8 Å². The van der Waals surface area contributed by atoms with Crippen LogP contribution in [0.15, 0.2) is 85.0 Å². The van der Waals surface area contributed by atoms with E-state index in [1.165, 1.54) is 58.2 Å². The molecular weight excluding hydrogens is 462 g/mol. The van der Waals surface area contributed by atoms with Gasteiger partial charge in [0.1, 0.15) is 5.60 Å². The molecule has 194 valence electrons. The summed E-state index contributed by atoms with van der Waals surface area (Å²) in [6.45, 7) is 8.82. The van der Waals surface area contributed by atoms with Crippen LogP contribution in [-0.4, -0.2) is 36.7 Å². The van der Waals surface area contributed by atoms with E-state index in [1.807, 2.05) is 24.3 Å². The average Bonchev–Trinajstić information content (AvgIpc) is 2.93.